The van der Waals surface area contributed by atoms with E-state index < -0.39 is 12.1 Å². The van der Waals surface area contributed by atoms with Gasteiger partial charge in [-0.1, -0.05) is 264 Å². The van der Waals surface area contributed by atoms with Gasteiger partial charge in [-0.25, -0.2) is 0 Å². The Bertz CT molecular complexity index is 939. The number of hydrogen-bond donors (Lipinski definition) is 3. The van der Waals surface area contributed by atoms with Gasteiger partial charge in [0.2, 0.25) is 5.91 Å². The maximum atomic E-state index is 12.5. The van der Waals surface area contributed by atoms with Gasteiger partial charge in [-0.15, -0.1) is 0 Å². The highest BCUT2D eigenvalue weighted by Crippen LogP contribution is 2.17. The van der Waals surface area contributed by atoms with Gasteiger partial charge in [0.25, 0.3) is 0 Å². The molecule has 0 rings (SSSR count). The Morgan fingerprint density at radius 3 is 1.14 bits per heavy atom. The molecule has 0 aromatic heterocycles. The van der Waals surface area contributed by atoms with Gasteiger partial charge in [0.1, 0.15) is 0 Å². The minimum Gasteiger partial charge on any atom is -0.466 e. The van der Waals surface area contributed by atoms with Gasteiger partial charge < -0.3 is 20.3 Å². The maximum absolute atomic E-state index is 12.5. The molecule has 0 radical (unpaired) electrons. The molecule has 6 nitrogen and oxygen atoms in total. The van der Waals surface area contributed by atoms with Crippen molar-refractivity contribution in [3.8, 4) is 0 Å². The molecule has 3 N–H and O–H groups in total. The number of unbranched alkanes of at least 4 members (excludes halogenated alkanes) is 40. The fraction of sp³-hybridized carbons (Fsp3) is 0.930. The molecule has 0 heterocycles. The van der Waals surface area contributed by atoms with Crippen LogP contribution in [-0.2, 0) is 14.3 Å². The van der Waals surface area contributed by atoms with Crippen LogP contribution >= 0.6 is 0 Å². The molecule has 2 atom stereocenters. The van der Waals surface area contributed by atoms with Gasteiger partial charge in [0.05, 0.1) is 25.4 Å². The number of aliphatic hydroxyl groups excluding tert-OH is 2. The summed E-state index contributed by atoms with van der Waals surface area (Å²) in [5.74, 6) is -0.0704. The Labute approximate surface area is 393 Å². The van der Waals surface area contributed by atoms with Gasteiger partial charge >= 0.3 is 5.97 Å². The number of rotatable bonds is 53. The van der Waals surface area contributed by atoms with Crippen LogP contribution < -0.4 is 5.32 Å². The minimum atomic E-state index is -0.680. The summed E-state index contributed by atoms with van der Waals surface area (Å²) >= 11 is 0. The van der Waals surface area contributed by atoms with E-state index in [9.17, 15) is 19.8 Å². The highest BCUT2D eigenvalue weighted by atomic mass is 16.5. The van der Waals surface area contributed by atoms with Crippen molar-refractivity contribution in [3.05, 3.63) is 12.2 Å². The van der Waals surface area contributed by atoms with Crippen LogP contribution in [0.3, 0.4) is 0 Å². The third kappa shape index (κ3) is 49.9. The average molecular weight is 891 g/mol. The third-order valence-electron chi connectivity index (χ3n) is 13.3. The van der Waals surface area contributed by atoms with Crippen molar-refractivity contribution in [2.75, 3.05) is 13.2 Å². The van der Waals surface area contributed by atoms with Gasteiger partial charge in [-0.3, -0.25) is 9.59 Å². The van der Waals surface area contributed by atoms with Gasteiger partial charge in [0, 0.05) is 12.8 Å². The molecule has 0 saturated carbocycles. The molecule has 0 aliphatic heterocycles. The quantitative estimate of drug-likeness (QED) is 0.0321. The van der Waals surface area contributed by atoms with E-state index in [0.717, 1.165) is 70.6 Å². The summed E-state index contributed by atoms with van der Waals surface area (Å²) in [4.78, 5) is 24.5. The minimum absolute atomic E-state index is 0.00764. The number of nitrogens with one attached hydrogen (secondary N) is 1. The van der Waals surface area contributed by atoms with Crippen molar-refractivity contribution in [1.29, 1.82) is 0 Å². The molecule has 0 aromatic carbocycles. The number of aliphatic hydroxyl groups is 2. The molecule has 0 aromatic rings. The van der Waals surface area contributed by atoms with Crippen molar-refractivity contribution < 1.29 is 24.5 Å². The van der Waals surface area contributed by atoms with Crippen molar-refractivity contribution in [3.63, 3.8) is 0 Å². The number of carbonyl (C=O) groups excluding carboxylic acids is 2. The number of carbonyl (C=O) groups is 2. The van der Waals surface area contributed by atoms with Crippen LogP contribution in [0.1, 0.15) is 316 Å². The lowest BCUT2D eigenvalue weighted by molar-refractivity contribution is -0.143. The zero-order valence-corrected chi connectivity index (χ0v) is 42.6. The fourth-order valence-corrected chi connectivity index (χ4v) is 8.93. The van der Waals surface area contributed by atoms with E-state index in [4.69, 9.17) is 4.74 Å². The van der Waals surface area contributed by atoms with Crippen LogP contribution in [0.5, 0.6) is 0 Å². The third-order valence-corrected chi connectivity index (χ3v) is 13.3. The first kappa shape index (κ1) is 61.6. The Balaban J connectivity index is 3.46. The van der Waals surface area contributed by atoms with Crippen molar-refractivity contribution in [1.82, 2.24) is 5.32 Å². The van der Waals surface area contributed by atoms with Crippen LogP contribution in [0, 0.1) is 0 Å². The summed E-state index contributed by atoms with van der Waals surface area (Å²) in [7, 11) is 0. The summed E-state index contributed by atoms with van der Waals surface area (Å²) in [6.07, 6.45) is 62.0. The molecule has 0 spiro atoms. The molecule has 374 valence electrons. The van der Waals surface area contributed by atoms with E-state index in [-0.39, 0.29) is 18.5 Å². The SMILES string of the molecule is CCCCCCCCCCCCCCCCCCCCC(=O)OCCCCCCCC/C=C\CCCCCC(=O)NC(CO)C(O)CCCCCCCCCCCCCCCCC. The van der Waals surface area contributed by atoms with Crippen LogP contribution in [0.15, 0.2) is 12.2 Å². The van der Waals surface area contributed by atoms with Crippen LogP contribution in [0.4, 0.5) is 0 Å². The molecule has 63 heavy (non-hydrogen) atoms. The maximum Gasteiger partial charge on any atom is 0.305 e. The predicted octanol–water partition coefficient (Wildman–Crippen LogP) is 17.3. The Morgan fingerprint density at radius 1 is 0.429 bits per heavy atom. The van der Waals surface area contributed by atoms with Crippen molar-refractivity contribution in [2.45, 2.75) is 328 Å². The predicted molar refractivity (Wildman–Crippen MR) is 273 cm³/mol. The lowest BCUT2D eigenvalue weighted by atomic mass is 10.0. The second-order valence-electron chi connectivity index (χ2n) is 19.6. The summed E-state index contributed by atoms with van der Waals surface area (Å²) < 4.78 is 5.48. The second-order valence-corrected chi connectivity index (χ2v) is 19.6. The molecule has 0 bridgehead atoms. The van der Waals surface area contributed by atoms with E-state index in [1.165, 1.54) is 212 Å². The molecule has 0 aliphatic rings. The van der Waals surface area contributed by atoms with Gasteiger partial charge in [-0.2, -0.15) is 0 Å². The number of amides is 1. The Hall–Kier alpha value is -1.40. The van der Waals surface area contributed by atoms with Crippen LogP contribution in [-0.4, -0.2) is 47.4 Å². The zero-order chi connectivity index (χ0) is 45.8. The smallest absolute Gasteiger partial charge is 0.305 e. The standard InChI is InChI=1S/C57H111NO5/c1-3-5-7-9-11-13-15-17-19-20-21-23-27-31-35-39-43-47-51-57(62)63-52-48-44-40-36-32-28-24-26-30-34-38-42-46-50-56(61)58-54(53-59)55(60)49-45-41-37-33-29-25-22-18-16-14-12-10-8-6-4-2/h26,30,54-55,59-60H,3-25,27-29,31-53H2,1-2H3,(H,58,61)/b30-26-. The summed E-state index contributed by atoms with van der Waals surface area (Å²) in [6, 6.07) is -0.560. The first-order chi connectivity index (χ1) is 31.0. The molecule has 0 aliphatic carbocycles. The number of hydrogen-bond acceptors (Lipinski definition) is 5. The summed E-state index contributed by atoms with van der Waals surface area (Å²) in [6.45, 7) is 4.93. The molecule has 0 fully saturated rings. The number of allylic oxidation sites excluding steroid dienone is 2. The average Bonchev–Trinajstić information content (AvgIpc) is 3.28. The van der Waals surface area contributed by atoms with Crippen molar-refractivity contribution in [2.24, 2.45) is 0 Å². The first-order valence-corrected chi connectivity index (χ1v) is 28.4. The highest BCUT2D eigenvalue weighted by molar-refractivity contribution is 5.76. The lowest BCUT2D eigenvalue weighted by Gasteiger charge is -2.22. The number of ether oxygens (including phenoxy) is 1. The summed E-state index contributed by atoms with van der Waals surface area (Å²) in [5.41, 5.74) is 0. The van der Waals surface area contributed by atoms with Crippen molar-refractivity contribution >= 4 is 11.9 Å². The molecule has 6 heteroatoms. The number of esters is 1. The second kappa shape index (κ2) is 53.2. The largest absolute Gasteiger partial charge is 0.466 e. The Morgan fingerprint density at radius 2 is 0.746 bits per heavy atom. The molecule has 0 saturated heterocycles. The normalized spacial score (nSPS) is 12.6. The summed E-state index contributed by atoms with van der Waals surface area (Å²) in [5, 5.41) is 23.2. The van der Waals surface area contributed by atoms with E-state index in [1.807, 2.05) is 0 Å². The van der Waals surface area contributed by atoms with E-state index in [0.29, 0.717) is 25.9 Å². The zero-order valence-electron chi connectivity index (χ0n) is 42.6. The monoisotopic (exact) mass is 890 g/mol. The molecular weight excluding hydrogens is 779 g/mol. The Kier molecular flexibility index (Phi) is 52.0. The van der Waals surface area contributed by atoms with E-state index in [2.05, 4.69) is 31.3 Å². The molecule has 2 unspecified atom stereocenters. The lowest BCUT2D eigenvalue weighted by Crippen LogP contribution is -2.45. The van der Waals surface area contributed by atoms with Crippen LogP contribution in [0.25, 0.3) is 0 Å². The highest BCUT2D eigenvalue weighted by Gasteiger charge is 2.20. The fourth-order valence-electron chi connectivity index (χ4n) is 8.93. The van der Waals surface area contributed by atoms with Gasteiger partial charge in [0.15, 0.2) is 0 Å². The topological polar surface area (TPSA) is 95.9 Å². The van der Waals surface area contributed by atoms with E-state index >= 15 is 0 Å². The molecule has 1 amide bonds. The van der Waals surface area contributed by atoms with Gasteiger partial charge in [-0.05, 0) is 51.4 Å². The molecular formula is C57H111NO5. The van der Waals surface area contributed by atoms with E-state index in [1.54, 1.807) is 0 Å². The van der Waals surface area contributed by atoms with Crippen LogP contribution in [0.2, 0.25) is 0 Å². The first-order valence-electron chi connectivity index (χ1n) is 28.4.